The monoisotopic (exact) mass is 221 g/mol. The summed E-state index contributed by atoms with van der Waals surface area (Å²) in [6, 6.07) is 4.76. The van der Waals surface area contributed by atoms with E-state index in [1.807, 2.05) is 13.0 Å². The number of aryl methyl sites for hydroxylation is 1. The molecule has 1 aliphatic rings. The van der Waals surface area contributed by atoms with E-state index < -0.39 is 0 Å². The molecule has 1 heterocycles. The summed E-state index contributed by atoms with van der Waals surface area (Å²) in [6.45, 7) is 7.61. The summed E-state index contributed by atoms with van der Waals surface area (Å²) in [5.74, 6) is 3.69. The van der Waals surface area contributed by atoms with Crippen molar-refractivity contribution in [3.8, 4) is 0 Å². The maximum absolute atomic E-state index is 5.57. The van der Waals surface area contributed by atoms with E-state index in [1.54, 1.807) is 0 Å². The highest BCUT2D eigenvalue weighted by molar-refractivity contribution is 5.05. The van der Waals surface area contributed by atoms with Gasteiger partial charge in [0.25, 0.3) is 0 Å². The maximum atomic E-state index is 5.57. The Bertz CT molecular complexity index is 331. The molecule has 2 heteroatoms. The van der Waals surface area contributed by atoms with E-state index in [2.05, 4.69) is 25.2 Å². The Morgan fingerprint density at radius 3 is 2.81 bits per heavy atom. The van der Waals surface area contributed by atoms with Crippen molar-refractivity contribution >= 4 is 0 Å². The minimum atomic E-state index is 0.661. The van der Waals surface area contributed by atoms with E-state index in [1.165, 1.54) is 19.3 Å². The highest BCUT2D eigenvalue weighted by atomic mass is 16.3. The van der Waals surface area contributed by atoms with Crippen molar-refractivity contribution in [1.82, 2.24) is 5.32 Å². The number of furan rings is 1. The summed E-state index contributed by atoms with van der Waals surface area (Å²) in [5, 5.41) is 3.64. The molecule has 1 N–H and O–H groups in total. The van der Waals surface area contributed by atoms with Gasteiger partial charge in [-0.2, -0.15) is 0 Å². The van der Waals surface area contributed by atoms with Crippen molar-refractivity contribution in [1.29, 1.82) is 0 Å². The van der Waals surface area contributed by atoms with Crippen LogP contribution in [0.15, 0.2) is 16.5 Å². The van der Waals surface area contributed by atoms with Gasteiger partial charge in [0.05, 0.1) is 6.54 Å². The van der Waals surface area contributed by atoms with Crippen LogP contribution in [0, 0.1) is 18.8 Å². The number of hydrogen-bond acceptors (Lipinski definition) is 2. The predicted molar refractivity (Wildman–Crippen MR) is 66.3 cm³/mol. The lowest BCUT2D eigenvalue weighted by Gasteiger charge is -2.34. The van der Waals surface area contributed by atoms with Gasteiger partial charge < -0.3 is 9.73 Å². The predicted octanol–water partition coefficient (Wildman–Crippen LogP) is 3.50. The molecule has 0 saturated heterocycles. The Balaban J connectivity index is 1.85. The van der Waals surface area contributed by atoms with Crippen molar-refractivity contribution in [3.63, 3.8) is 0 Å². The second kappa shape index (κ2) is 5.05. The van der Waals surface area contributed by atoms with Crippen LogP contribution in [-0.2, 0) is 6.54 Å². The summed E-state index contributed by atoms with van der Waals surface area (Å²) in [6.07, 6.45) is 4.06. The van der Waals surface area contributed by atoms with Gasteiger partial charge in [0.1, 0.15) is 11.5 Å². The van der Waals surface area contributed by atoms with Gasteiger partial charge in [-0.05, 0) is 37.3 Å². The molecule has 1 aromatic heterocycles. The molecule has 0 amide bonds. The number of hydrogen-bond donors (Lipinski definition) is 1. The molecule has 3 unspecified atom stereocenters. The molecular weight excluding hydrogens is 198 g/mol. The fraction of sp³-hybridized carbons (Fsp3) is 0.714. The first-order valence-corrected chi connectivity index (χ1v) is 6.45. The van der Waals surface area contributed by atoms with E-state index in [9.17, 15) is 0 Å². The second-order valence-electron chi connectivity index (χ2n) is 5.27. The van der Waals surface area contributed by atoms with Gasteiger partial charge >= 0.3 is 0 Å². The van der Waals surface area contributed by atoms with Gasteiger partial charge in [0.2, 0.25) is 0 Å². The van der Waals surface area contributed by atoms with Crippen LogP contribution < -0.4 is 5.32 Å². The first-order valence-electron chi connectivity index (χ1n) is 6.45. The summed E-state index contributed by atoms with van der Waals surface area (Å²) in [5.41, 5.74) is 0. The van der Waals surface area contributed by atoms with Gasteiger partial charge in [-0.3, -0.25) is 0 Å². The van der Waals surface area contributed by atoms with Gasteiger partial charge in [0.15, 0.2) is 0 Å². The van der Waals surface area contributed by atoms with Gasteiger partial charge in [-0.15, -0.1) is 0 Å². The van der Waals surface area contributed by atoms with Crippen LogP contribution in [0.3, 0.4) is 0 Å². The van der Waals surface area contributed by atoms with Crippen molar-refractivity contribution < 1.29 is 4.42 Å². The van der Waals surface area contributed by atoms with Gasteiger partial charge in [-0.25, -0.2) is 0 Å². The van der Waals surface area contributed by atoms with Crippen LogP contribution in [0.4, 0.5) is 0 Å². The van der Waals surface area contributed by atoms with Crippen LogP contribution in [-0.4, -0.2) is 6.04 Å². The van der Waals surface area contributed by atoms with Crippen molar-refractivity contribution in [2.45, 2.75) is 52.6 Å². The van der Waals surface area contributed by atoms with Crippen LogP contribution in [0.2, 0.25) is 0 Å². The van der Waals surface area contributed by atoms with Crippen molar-refractivity contribution in [2.75, 3.05) is 0 Å². The average molecular weight is 221 g/mol. The summed E-state index contributed by atoms with van der Waals surface area (Å²) < 4.78 is 5.57. The quantitative estimate of drug-likeness (QED) is 0.845. The zero-order valence-electron chi connectivity index (χ0n) is 10.6. The molecule has 0 radical (unpaired) electrons. The smallest absolute Gasteiger partial charge is 0.117 e. The molecule has 0 spiro atoms. The first kappa shape index (κ1) is 11.7. The van der Waals surface area contributed by atoms with E-state index in [4.69, 9.17) is 4.42 Å². The Hall–Kier alpha value is -0.760. The number of nitrogens with one attached hydrogen (secondary N) is 1. The third-order valence-electron chi connectivity index (χ3n) is 4.04. The molecule has 3 atom stereocenters. The zero-order valence-corrected chi connectivity index (χ0v) is 10.6. The molecule has 90 valence electrons. The minimum absolute atomic E-state index is 0.661. The largest absolute Gasteiger partial charge is 0.465 e. The summed E-state index contributed by atoms with van der Waals surface area (Å²) in [7, 11) is 0. The Labute approximate surface area is 98.4 Å². The number of rotatable bonds is 3. The first-order chi connectivity index (χ1) is 7.66. The lowest BCUT2D eigenvalue weighted by atomic mass is 9.78. The molecule has 1 aliphatic carbocycles. The topological polar surface area (TPSA) is 25.2 Å². The molecule has 2 rings (SSSR count). The molecule has 1 aromatic rings. The third kappa shape index (κ3) is 2.67. The normalized spacial score (nSPS) is 30.6. The fourth-order valence-corrected chi connectivity index (χ4v) is 2.68. The Kier molecular flexibility index (Phi) is 3.70. The van der Waals surface area contributed by atoms with Crippen LogP contribution in [0.1, 0.15) is 44.6 Å². The standard InChI is InChI=1S/C14H23NO/c1-10-5-4-6-14(12(10)3)15-9-13-8-7-11(2)16-13/h7-8,10,12,14-15H,4-6,9H2,1-3H3. The van der Waals surface area contributed by atoms with E-state index in [0.717, 1.165) is 29.9 Å². The van der Waals surface area contributed by atoms with Crippen LogP contribution in [0.5, 0.6) is 0 Å². The summed E-state index contributed by atoms with van der Waals surface area (Å²) >= 11 is 0. The van der Waals surface area contributed by atoms with Crippen molar-refractivity contribution in [3.05, 3.63) is 23.7 Å². The van der Waals surface area contributed by atoms with Gasteiger partial charge in [-0.1, -0.05) is 26.7 Å². The van der Waals surface area contributed by atoms with Gasteiger partial charge in [0, 0.05) is 6.04 Å². The molecule has 1 saturated carbocycles. The summed E-state index contributed by atoms with van der Waals surface area (Å²) in [4.78, 5) is 0. The lowest BCUT2D eigenvalue weighted by molar-refractivity contribution is 0.202. The fourth-order valence-electron chi connectivity index (χ4n) is 2.68. The average Bonchev–Trinajstić information content (AvgIpc) is 2.67. The molecule has 0 aromatic carbocycles. The van der Waals surface area contributed by atoms with Crippen LogP contribution in [0.25, 0.3) is 0 Å². The molecule has 0 aliphatic heterocycles. The van der Waals surface area contributed by atoms with E-state index in [0.29, 0.717) is 6.04 Å². The molecule has 16 heavy (non-hydrogen) atoms. The lowest BCUT2D eigenvalue weighted by Crippen LogP contribution is -2.40. The third-order valence-corrected chi connectivity index (χ3v) is 4.04. The van der Waals surface area contributed by atoms with Crippen LogP contribution >= 0.6 is 0 Å². The molecule has 1 fully saturated rings. The Morgan fingerprint density at radius 2 is 2.12 bits per heavy atom. The van der Waals surface area contributed by atoms with Crippen molar-refractivity contribution in [2.24, 2.45) is 11.8 Å². The maximum Gasteiger partial charge on any atom is 0.117 e. The minimum Gasteiger partial charge on any atom is -0.465 e. The molecule has 2 nitrogen and oxygen atoms in total. The molecule has 0 bridgehead atoms. The zero-order chi connectivity index (χ0) is 11.5. The van der Waals surface area contributed by atoms with E-state index in [-0.39, 0.29) is 0 Å². The second-order valence-corrected chi connectivity index (χ2v) is 5.27. The highest BCUT2D eigenvalue weighted by Gasteiger charge is 2.26. The Morgan fingerprint density at radius 1 is 1.31 bits per heavy atom. The van der Waals surface area contributed by atoms with E-state index >= 15 is 0 Å². The molecular formula is C14H23NO. The SMILES string of the molecule is Cc1ccc(CNC2CCCC(C)C2C)o1. The highest BCUT2D eigenvalue weighted by Crippen LogP contribution is 2.29.